The largest absolute Gasteiger partial charge is 0.388 e. The fraction of sp³-hybridized carbons (Fsp3) is 0.407. The third kappa shape index (κ3) is 4.94. The van der Waals surface area contributed by atoms with E-state index in [-0.39, 0.29) is 11.8 Å². The molecule has 2 aromatic carbocycles. The summed E-state index contributed by atoms with van der Waals surface area (Å²) in [5, 5.41) is 12.8. The molecule has 0 spiro atoms. The third-order valence-electron chi connectivity index (χ3n) is 7.42. The molecule has 0 radical (unpaired) electrons. The molecule has 2 aliphatic rings. The van der Waals surface area contributed by atoms with E-state index in [2.05, 4.69) is 9.88 Å². The highest BCUT2D eigenvalue weighted by Gasteiger charge is 2.32. The summed E-state index contributed by atoms with van der Waals surface area (Å²) in [4.78, 5) is 21.9. The van der Waals surface area contributed by atoms with Crippen molar-refractivity contribution < 1.29 is 9.90 Å². The topological polar surface area (TPSA) is 56.7 Å². The van der Waals surface area contributed by atoms with Crippen molar-refractivity contribution in [1.82, 2.24) is 14.8 Å². The number of aliphatic hydroxyl groups is 1. The van der Waals surface area contributed by atoms with Crippen molar-refractivity contribution in [2.75, 3.05) is 26.2 Å². The van der Waals surface area contributed by atoms with E-state index in [9.17, 15) is 9.90 Å². The van der Waals surface area contributed by atoms with E-state index in [1.165, 1.54) is 0 Å². The summed E-state index contributed by atoms with van der Waals surface area (Å²) in [6.45, 7) is 3.50. The Labute approximate surface area is 210 Å². The molecule has 0 saturated carbocycles. The van der Waals surface area contributed by atoms with Gasteiger partial charge in [-0.15, -0.1) is 0 Å². The van der Waals surface area contributed by atoms with Crippen LogP contribution in [-0.4, -0.2) is 58.0 Å². The Kier molecular flexibility index (Phi) is 7.07. The van der Waals surface area contributed by atoms with Crippen LogP contribution in [0.2, 0.25) is 10.0 Å². The highest BCUT2D eigenvalue weighted by atomic mass is 35.5. The molecule has 1 N–H and O–H groups in total. The van der Waals surface area contributed by atoms with Gasteiger partial charge in [-0.3, -0.25) is 9.78 Å². The normalized spacial score (nSPS) is 19.4. The number of pyridine rings is 1. The van der Waals surface area contributed by atoms with E-state index >= 15 is 0 Å². The second kappa shape index (κ2) is 10.2. The van der Waals surface area contributed by atoms with E-state index in [1.807, 2.05) is 41.3 Å². The lowest BCUT2D eigenvalue weighted by Gasteiger charge is -2.42. The average molecular weight is 498 g/mol. The van der Waals surface area contributed by atoms with Crippen molar-refractivity contribution in [2.24, 2.45) is 5.92 Å². The number of likely N-dealkylation sites (tertiary alicyclic amines) is 2. The van der Waals surface area contributed by atoms with Crippen LogP contribution in [0.25, 0.3) is 10.9 Å². The maximum Gasteiger partial charge on any atom is 0.253 e. The second-order valence-electron chi connectivity index (χ2n) is 9.43. The third-order valence-corrected chi connectivity index (χ3v) is 8.16. The van der Waals surface area contributed by atoms with Crippen LogP contribution in [0, 0.1) is 5.92 Å². The molecule has 3 aromatic rings. The predicted molar refractivity (Wildman–Crippen MR) is 136 cm³/mol. The number of aliphatic hydroxyl groups excluding tert-OH is 1. The van der Waals surface area contributed by atoms with Crippen LogP contribution >= 0.6 is 23.2 Å². The number of halogens is 2. The van der Waals surface area contributed by atoms with Crippen LogP contribution in [0.5, 0.6) is 0 Å². The van der Waals surface area contributed by atoms with Crippen LogP contribution < -0.4 is 0 Å². The van der Waals surface area contributed by atoms with E-state index in [0.717, 1.165) is 73.9 Å². The molecule has 0 aliphatic carbocycles. The summed E-state index contributed by atoms with van der Waals surface area (Å²) < 4.78 is 0. The maximum atomic E-state index is 13.1. The monoisotopic (exact) mass is 497 g/mol. The lowest BCUT2D eigenvalue weighted by Crippen LogP contribution is -2.49. The Hall–Kier alpha value is -2.18. The van der Waals surface area contributed by atoms with E-state index in [4.69, 9.17) is 23.2 Å². The fourth-order valence-corrected chi connectivity index (χ4v) is 5.70. The molecule has 1 atom stereocenters. The van der Waals surface area contributed by atoms with Gasteiger partial charge in [-0.25, -0.2) is 0 Å². The molecule has 7 heteroatoms. The molecule has 178 valence electrons. The van der Waals surface area contributed by atoms with Crippen molar-refractivity contribution >= 4 is 40.0 Å². The smallest absolute Gasteiger partial charge is 0.253 e. The van der Waals surface area contributed by atoms with Crippen LogP contribution in [0.1, 0.15) is 47.7 Å². The van der Waals surface area contributed by atoms with Gasteiger partial charge in [0.2, 0.25) is 0 Å². The van der Waals surface area contributed by atoms with Crippen LogP contribution in [-0.2, 0) is 0 Å². The molecule has 1 unspecified atom stereocenters. The predicted octanol–water partition coefficient (Wildman–Crippen LogP) is 5.59. The van der Waals surface area contributed by atoms with E-state index in [1.54, 1.807) is 18.3 Å². The zero-order valence-corrected chi connectivity index (χ0v) is 20.5. The van der Waals surface area contributed by atoms with Gasteiger partial charge in [-0.2, -0.15) is 0 Å². The number of nitrogens with zero attached hydrogens (tertiary/aromatic N) is 3. The van der Waals surface area contributed by atoms with Gasteiger partial charge in [-0.1, -0.05) is 35.3 Å². The molecule has 1 aromatic heterocycles. The molecular formula is C27H29Cl2N3O2. The molecule has 2 fully saturated rings. The van der Waals surface area contributed by atoms with Crippen LogP contribution in [0.15, 0.2) is 54.7 Å². The van der Waals surface area contributed by atoms with Gasteiger partial charge >= 0.3 is 0 Å². The lowest BCUT2D eigenvalue weighted by atomic mass is 9.86. The summed E-state index contributed by atoms with van der Waals surface area (Å²) in [6, 6.07) is 15.5. The number of aromatic nitrogens is 1. The summed E-state index contributed by atoms with van der Waals surface area (Å²) in [5.74, 6) is 0.324. The summed E-state index contributed by atoms with van der Waals surface area (Å²) in [6.07, 6.45) is 5.12. The number of fused-ring (bicyclic) bond motifs is 1. The number of amides is 1. The summed E-state index contributed by atoms with van der Waals surface area (Å²) in [5.41, 5.74) is 2.48. The van der Waals surface area contributed by atoms with Crippen molar-refractivity contribution in [3.63, 3.8) is 0 Å². The molecule has 2 saturated heterocycles. The molecule has 2 aliphatic heterocycles. The summed E-state index contributed by atoms with van der Waals surface area (Å²) >= 11 is 12.2. The first-order valence-corrected chi connectivity index (χ1v) is 12.8. The van der Waals surface area contributed by atoms with Crippen LogP contribution in [0.4, 0.5) is 0 Å². The Morgan fingerprint density at radius 3 is 2.44 bits per heavy atom. The number of rotatable bonds is 4. The van der Waals surface area contributed by atoms with Gasteiger partial charge in [0.25, 0.3) is 5.91 Å². The molecule has 5 rings (SSSR count). The number of benzene rings is 2. The maximum absolute atomic E-state index is 13.1. The minimum atomic E-state index is -0.520. The van der Waals surface area contributed by atoms with Crippen molar-refractivity contribution in [1.29, 1.82) is 0 Å². The van der Waals surface area contributed by atoms with Crippen molar-refractivity contribution in [2.45, 2.75) is 37.8 Å². The van der Waals surface area contributed by atoms with Gasteiger partial charge in [0.05, 0.1) is 21.7 Å². The molecule has 5 nitrogen and oxygen atoms in total. The number of carbonyl (C=O) groups excluding carboxylic acids is 1. The Bertz CT molecular complexity index is 1170. The Morgan fingerprint density at radius 1 is 0.941 bits per heavy atom. The van der Waals surface area contributed by atoms with Gasteiger partial charge in [0.1, 0.15) is 0 Å². The lowest BCUT2D eigenvalue weighted by molar-refractivity contribution is 0.0282. The van der Waals surface area contributed by atoms with Gasteiger partial charge in [0, 0.05) is 36.3 Å². The number of hydrogen-bond acceptors (Lipinski definition) is 4. The SMILES string of the molecule is O=C(c1ccc2ncccc2c1)N1CCC(N2CCC(C(O)c3ccc(Cl)c(Cl)c3)CC2)CC1. The quantitative estimate of drug-likeness (QED) is 0.510. The highest BCUT2D eigenvalue weighted by molar-refractivity contribution is 6.42. The van der Waals surface area contributed by atoms with Crippen molar-refractivity contribution in [3.05, 3.63) is 75.9 Å². The summed E-state index contributed by atoms with van der Waals surface area (Å²) in [7, 11) is 0. The standard InChI is InChI=1S/C27H29Cl2N3O2/c28-23-5-3-20(17-24(23)29)26(33)18-7-12-31(13-8-18)22-9-14-32(15-10-22)27(34)21-4-6-25-19(16-21)2-1-11-30-25/h1-6,11,16-18,22,26,33H,7-10,12-15H2. The van der Waals surface area contributed by atoms with E-state index < -0.39 is 6.10 Å². The van der Waals surface area contributed by atoms with Gasteiger partial charge in [-0.05, 0) is 86.7 Å². The Morgan fingerprint density at radius 2 is 1.71 bits per heavy atom. The number of hydrogen-bond donors (Lipinski definition) is 1. The van der Waals surface area contributed by atoms with E-state index in [0.29, 0.717) is 16.1 Å². The first-order chi connectivity index (χ1) is 16.5. The molecule has 34 heavy (non-hydrogen) atoms. The zero-order valence-electron chi connectivity index (χ0n) is 19.0. The van der Waals surface area contributed by atoms with Crippen LogP contribution in [0.3, 0.4) is 0 Å². The first-order valence-electron chi connectivity index (χ1n) is 12.0. The average Bonchev–Trinajstić information content (AvgIpc) is 2.89. The number of carbonyl (C=O) groups is 1. The fourth-order valence-electron chi connectivity index (χ4n) is 5.39. The molecule has 0 bridgehead atoms. The first kappa shape index (κ1) is 23.6. The minimum absolute atomic E-state index is 0.104. The highest BCUT2D eigenvalue weighted by Crippen LogP contribution is 2.35. The minimum Gasteiger partial charge on any atom is -0.388 e. The van der Waals surface area contributed by atoms with Gasteiger partial charge in [0.15, 0.2) is 0 Å². The van der Waals surface area contributed by atoms with Gasteiger partial charge < -0.3 is 14.9 Å². The molecule has 1 amide bonds. The second-order valence-corrected chi connectivity index (χ2v) is 10.2. The van der Waals surface area contributed by atoms with Crippen molar-refractivity contribution in [3.8, 4) is 0 Å². The zero-order chi connectivity index (χ0) is 23.7. The Balaban J connectivity index is 1.13. The molecular weight excluding hydrogens is 469 g/mol. The number of piperidine rings is 2. The molecule has 3 heterocycles.